The summed E-state index contributed by atoms with van der Waals surface area (Å²) in [5, 5.41) is 0. The molecule has 2 bridgehead atoms. The van der Waals surface area contributed by atoms with Gasteiger partial charge < -0.3 is 0 Å². The molecule has 4 aliphatic rings. The third kappa shape index (κ3) is 2.73. The first-order valence-corrected chi connectivity index (χ1v) is 10.3. The number of carbonyl (C=O) groups is 2. The minimum absolute atomic E-state index is 0.110. The van der Waals surface area contributed by atoms with Crippen molar-refractivity contribution >= 4 is 11.6 Å². The van der Waals surface area contributed by atoms with Gasteiger partial charge in [0.2, 0.25) is 0 Å². The Balaban J connectivity index is 1.58. The number of halogens is 2. The molecule has 0 amide bonds. The molecule has 1 saturated carbocycles. The Kier molecular flexibility index (Phi) is 4.35. The van der Waals surface area contributed by atoms with Crippen molar-refractivity contribution in [1.29, 1.82) is 0 Å². The predicted molar refractivity (Wildman–Crippen MR) is 110 cm³/mol. The number of allylic oxidation sites excluding steroid dienone is 4. The Hall–Kier alpha value is -2.88. The smallest absolute Gasteiger partial charge is 0.193 e. The van der Waals surface area contributed by atoms with Gasteiger partial charge in [0.25, 0.3) is 0 Å². The third-order valence-corrected chi connectivity index (χ3v) is 7.00. The molecule has 0 aromatic heterocycles. The highest BCUT2D eigenvalue weighted by Gasteiger charge is 2.67. The Labute approximate surface area is 174 Å². The summed E-state index contributed by atoms with van der Waals surface area (Å²) in [5.74, 6) is -4.27. The van der Waals surface area contributed by atoms with Crippen LogP contribution in [0.4, 0.5) is 8.78 Å². The number of benzene rings is 2. The Morgan fingerprint density at radius 3 is 1.90 bits per heavy atom. The molecule has 4 aliphatic carbocycles. The highest BCUT2D eigenvalue weighted by atomic mass is 19.1. The first-order valence-electron chi connectivity index (χ1n) is 10.3. The van der Waals surface area contributed by atoms with Gasteiger partial charge in [0.05, 0.1) is 0 Å². The first kappa shape index (κ1) is 19.1. The molecule has 30 heavy (non-hydrogen) atoms. The van der Waals surface area contributed by atoms with Crippen molar-refractivity contribution in [3.63, 3.8) is 0 Å². The minimum atomic E-state index is -2.25. The molecule has 5 unspecified atom stereocenters. The largest absolute Gasteiger partial charge is 0.295 e. The van der Waals surface area contributed by atoms with Gasteiger partial charge in [-0.25, -0.2) is 8.78 Å². The van der Waals surface area contributed by atoms with Crippen molar-refractivity contribution < 1.29 is 18.4 Å². The van der Waals surface area contributed by atoms with E-state index in [9.17, 15) is 9.59 Å². The monoisotopic (exact) mass is 404 g/mol. The van der Waals surface area contributed by atoms with Crippen LogP contribution in [0, 0.1) is 23.7 Å². The van der Waals surface area contributed by atoms with Crippen LogP contribution in [0.1, 0.15) is 11.1 Å². The molecule has 0 radical (unpaired) electrons. The lowest BCUT2D eigenvalue weighted by molar-refractivity contribution is -0.160. The van der Waals surface area contributed by atoms with E-state index in [0.717, 1.165) is 0 Å². The van der Waals surface area contributed by atoms with Gasteiger partial charge in [-0.05, 0) is 23.1 Å². The van der Waals surface area contributed by atoms with E-state index in [1.54, 1.807) is 66.8 Å². The maximum absolute atomic E-state index is 16.5. The molecular weight excluding hydrogens is 382 g/mol. The summed E-state index contributed by atoms with van der Waals surface area (Å²) in [7, 11) is 0. The summed E-state index contributed by atoms with van der Waals surface area (Å²) < 4.78 is 33.0. The van der Waals surface area contributed by atoms with E-state index in [-0.39, 0.29) is 12.8 Å². The number of fused-ring (bicyclic) bond motifs is 1. The van der Waals surface area contributed by atoms with Crippen LogP contribution in [0.25, 0.3) is 0 Å². The quantitative estimate of drug-likeness (QED) is 0.696. The number of Topliss-reactive ketones (excluding diaryl/α,β-unsaturated/α-hetero) is 1. The lowest BCUT2D eigenvalue weighted by Gasteiger charge is -2.55. The first-order chi connectivity index (χ1) is 14.4. The molecule has 0 N–H and O–H groups in total. The van der Waals surface area contributed by atoms with Crippen LogP contribution in [0.3, 0.4) is 0 Å². The highest BCUT2D eigenvalue weighted by molar-refractivity contribution is 6.01. The number of rotatable bonds is 4. The van der Waals surface area contributed by atoms with Gasteiger partial charge in [-0.15, -0.1) is 0 Å². The molecule has 2 nitrogen and oxygen atoms in total. The molecule has 0 saturated heterocycles. The van der Waals surface area contributed by atoms with Crippen molar-refractivity contribution in [3.05, 3.63) is 96.1 Å². The summed E-state index contributed by atoms with van der Waals surface area (Å²) in [4.78, 5) is 26.0. The van der Waals surface area contributed by atoms with Crippen LogP contribution >= 0.6 is 0 Å². The van der Waals surface area contributed by atoms with Crippen molar-refractivity contribution in [2.45, 2.75) is 24.2 Å². The van der Waals surface area contributed by atoms with E-state index in [1.807, 2.05) is 12.1 Å². The van der Waals surface area contributed by atoms with Crippen LogP contribution in [0.15, 0.2) is 85.0 Å². The summed E-state index contributed by atoms with van der Waals surface area (Å²) in [6, 6.07) is 17.9. The lowest BCUT2D eigenvalue weighted by atomic mass is 9.49. The van der Waals surface area contributed by atoms with Crippen LogP contribution in [-0.2, 0) is 22.4 Å². The second-order valence-corrected chi connectivity index (χ2v) is 8.68. The molecule has 0 aliphatic heterocycles. The van der Waals surface area contributed by atoms with Crippen LogP contribution in [0.2, 0.25) is 0 Å². The molecule has 0 spiro atoms. The average molecular weight is 404 g/mol. The number of carbonyl (C=O) groups excluding carboxylic acids is 2. The van der Waals surface area contributed by atoms with Gasteiger partial charge in [-0.3, -0.25) is 9.59 Å². The maximum Gasteiger partial charge on any atom is 0.193 e. The second-order valence-electron chi connectivity index (χ2n) is 8.68. The van der Waals surface area contributed by atoms with E-state index in [1.165, 1.54) is 6.08 Å². The fourth-order valence-electron chi connectivity index (χ4n) is 5.62. The normalized spacial score (nSPS) is 36.7. The number of alkyl halides is 2. The van der Waals surface area contributed by atoms with Gasteiger partial charge in [-0.2, -0.15) is 0 Å². The Morgan fingerprint density at radius 2 is 1.30 bits per heavy atom. The Bertz CT molecular complexity index is 1050. The zero-order chi connectivity index (χ0) is 20.9. The van der Waals surface area contributed by atoms with E-state index >= 15 is 8.78 Å². The molecule has 6 rings (SSSR count). The fraction of sp³-hybridized carbons (Fsp3) is 0.308. The molecule has 6 atom stereocenters. The number of ketones is 2. The predicted octanol–water partition coefficient (Wildman–Crippen LogP) is 4.64. The SMILES string of the molecule is O=C1C2C=CC(C3C2C=CC(=O)[C@]3(F)Cc2ccccc2)C1(F)Cc1ccccc1. The summed E-state index contributed by atoms with van der Waals surface area (Å²) >= 11 is 0. The average Bonchev–Trinajstić information content (AvgIpc) is 2.75. The maximum atomic E-state index is 16.5. The van der Waals surface area contributed by atoms with Gasteiger partial charge in [0, 0.05) is 30.6 Å². The van der Waals surface area contributed by atoms with Gasteiger partial charge in [-0.1, -0.05) is 78.9 Å². The minimum Gasteiger partial charge on any atom is -0.295 e. The number of hydrogen-bond acceptors (Lipinski definition) is 2. The van der Waals surface area contributed by atoms with Crippen molar-refractivity contribution in [2.24, 2.45) is 23.7 Å². The molecular formula is C26H22F2O2. The van der Waals surface area contributed by atoms with Crippen LogP contribution < -0.4 is 0 Å². The van der Waals surface area contributed by atoms with Crippen molar-refractivity contribution in [2.75, 3.05) is 0 Å². The van der Waals surface area contributed by atoms with Crippen LogP contribution in [-0.4, -0.2) is 22.9 Å². The summed E-state index contributed by atoms with van der Waals surface area (Å²) in [5.41, 5.74) is -3.09. The van der Waals surface area contributed by atoms with Gasteiger partial charge in [0.15, 0.2) is 22.9 Å². The molecule has 2 aromatic carbocycles. The molecule has 1 fully saturated rings. The Morgan fingerprint density at radius 1 is 0.733 bits per heavy atom. The highest BCUT2D eigenvalue weighted by Crippen LogP contribution is 2.57. The topological polar surface area (TPSA) is 34.1 Å². The molecule has 152 valence electrons. The van der Waals surface area contributed by atoms with E-state index < -0.39 is 46.6 Å². The van der Waals surface area contributed by atoms with Gasteiger partial charge in [0.1, 0.15) is 0 Å². The summed E-state index contributed by atoms with van der Waals surface area (Å²) in [6.07, 6.45) is 5.99. The van der Waals surface area contributed by atoms with E-state index in [4.69, 9.17) is 0 Å². The van der Waals surface area contributed by atoms with Crippen molar-refractivity contribution in [3.8, 4) is 0 Å². The van der Waals surface area contributed by atoms with Crippen molar-refractivity contribution in [1.82, 2.24) is 0 Å². The standard InChI is InChI=1S/C26H22F2O2/c27-25(15-17-7-3-1-4-8-17)21-13-11-20(24(25)30)19-12-14-22(29)26(28,23(19)21)16-18-9-5-2-6-10-18/h1-14,19-21,23H,15-16H2/t19?,20?,21?,23?,25?,26-/m1/s1. The molecule has 4 heteroatoms. The number of hydrogen-bond donors (Lipinski definition) is 0. The van der Waals surface area contributed by atoms with E-state index in [2.05, 4.69) is 0 Å². The summed E-state index contributed by atoms with van der Waals surface area (Å²) in [6.45, 7) is 0. The van der Waals surface area contributed by atoms with Gasteiger partial charge >= 0.3 is 0 Å². The lowest BCUT2D eigenvalue weighted by Crippen LogP contribution is -2.66. The molecule has 0 heterocycles. The second kappa shape index (κ2) is 6.83. The third-order valence-electron chi connectivity index (χ3n) is 7.00. The molecule has 2 aromatic rings. The zero-order valence-electron chi connectivity index (χ0n) is 16.4. The fourth-order valence-corrected chi connectivity index (χ4v) is 5.62. The van der Waals surface area contributed by atoms with Crippen LogP contribution in [0.5, 0.6) is 0 Å². The zero-order valence-corrected chi connectivity index (χ0v) is 16.4. The van der Waals surface area contributed by atoms with E-state index in [0.29, 0.717) is 11.1 Å².